The van der Waals surface area contributed by atoms with E-state index in [1.54, 1.807) is 6.33 Å². The molecule has 3 heterocycles. The molecule has 3 aromatic heterocycles. The molecule has 2 fully saturated rings. The SMILES string of the molecule is CC(C)n1cnc(CCNc2nc(NCC(c3ccccc3)c3ccccc3)c3ncn([C@@H]4C[C@H](NC(=O)C5CCC5)[C@@H](O)[C@H]4O)c3n2)c1.O=C(O)C(F)(F)F. The number of anilines is 2. The highest BCUT2D eigenvalue weighted by Crippen LogP contribution is 2.36. The number of alkyl halides is 3. The van der Waals surface area contributed by atoms with Crippen LogP contribution in [0.5, 0.6) is 0 Å². The summed E-state index contributed by atoms with van der Waals surface area (Å²) < 4.78 is 35.6. The second-order valence-corrected chi connectivity index (χ2v) is 14.4. The maximum absolute atomic E-state index is 12.7. The summed E-state index contributed by atoms with van der Waals surface area (Å²) in [5.74, 6) is -1.79. The molecule has 7 rings (SSSR count). The van der Waals surface area contributed by atoms with Crippen molar-refractivity contribution in [3.8, 4) is 0 Å². The Morgan fingerprint density at radius 1 is 0.911 bits per heavy atom. The van der Waals surface area contributed by atoms with Gasteiger partial charge in [-0.25, -0.2) is 14.8 Å². The van der Waals surface area contributed by atoms with Crippen LogP contribution in [0.1, 0.15) is 74.4 Å². The number of rotatable bonds is 13. The number of aromatic nitrogens is 6. The lowest BCUT2D eigenvalue weighted by Gasteiger charge is -2.27. The number of imidazole rings is 2. The van der Waals surface area contributed by atoms with Gasteiger partial charge in [-0.05, 0) is 44.2 Å². The van der Waals surface area contributed by atoms with Gasteiger partial charge in [0.15, 0.2) is 17.0 Å². The number of amides is 1. The van der Waals surface area contributed by atoms with E-state index in [4.69, 9.17) is 24.9 Å². The van der Waals surface area contributed by atoms with Crippen molar-refractivity contribution in [1.29, 1.82) is 0 Å². The van der Waals surface area contributed by atoms with Crippen LogP contribution in [0.15, 0.2) is 79.5 Å². The first-order valence-electron chi connectivity index (χ1n) is 18.6. The van der Waals surface area contributed by atoms with E-state index in [1.807, 2.05) is 47.3 Å². The molecule has 0 aliphatic heterocycles. The van der Waals surface area contributed by atoms with Crippen LogP contribution in [-0.2, 0) is 16.0 Å². The highest BCUT2D eigenvalue weighted by Gasteiger charge is 2.45. The number of aliphatic hydroxyl groups is 2. The van der Waals surface area contributed by atoms with Crippen LogP contribution in [-0.4, -0.2) is 93.8 Å². The molecule has 6 N–H and O–H groups in total. The predicted molar refractivity (Wildman–Crippen MR) is 202 cm³/mol. The van der Waals surface area contributed by atoms with Crippen LogP contribution >= 0.6 is 0 Å². The molecule has 56 heavy (non-hydrogen) atoms. The Kier molecular flexibility index (Phi) is 12.5. The minimum Gasteiger partial charge on any atom is -0.475 e. The number of nitrogens with zero attached hydrogens (tertiary/aromatic N) is 6. The van der Waals surface area contributed by atoms with Crippen LogP contribution < -0.4 is 16.0 Å². The third kappa shape index (κ3) is 9.45. The van der Waals surface area contributed by atoms with E-state index >= 15 is 0 Å². The summed E-state index contributed by atoms with van der Waals surface area (Å²) in [5.41, 5.74) is 4.41. The molecule has 0 radical (unpaired) electrons. The van der Waals surface area contributed by atoms with E-state index in [1.165, 1.54) is 11.1 Å². The Balaban J connectivity index is 0.000000695. The van der Waals surface area contributed by atoms with Crippen LogP contribution in [0.25, 0.3) is 11.2 Å². The molecule has 2 aliphatic carbocycles. The standard InChI is InChI=1S/C37H45N9O3.C2HF3O2/c1-23(2)45-20-27(40-21-45)16-17-38-37-43-34(39-19-28(24-10-5-3-6-11-24)25-12-7-4-8-13-25)31-35(44-37)46(22-41-31)30-18-29(32(47)33(30)48)42-36(49)26-14-9-15-26;3-2(4,5)1(6)7/h3-8,10-13,20-23,26,28-30,32-33,47-48H,9,14-19H2,1-2H3,(H,42,49)(H2,38,39,43,44);(H,6,7)/t29-,30+,32+,33-;/m0./s1. The number of fused-ring (bicyclic) bond motifs is 1. The molecule has 1 amide bonds. The number of hydrogen-bond donors (Lipinski definition) is 6. The van der Waals surface area contributed by atoms with Crippen LogP contribution in [0.4, 0.5) is 24.9 Å². The summed E-state index contributed by atoms with van der Waals surface area (Å²) in [6.07, 6.45) is 2.07. The van der Waals surface area contributed by atoms with Gasteiger partial charge in [-0.15, -0.1) is 0 Å². The highest BCUT2D eigenvalue weighted by molar-refractivity contribution is 5.84. The molecular weight excluding hydrogens is 731 g/mol. The fourth-order valence-electron chi connectivity index (χ4n) is 6.85. The molecule has 17 heteroatoms. The molecule has 2 saturated carbocycles. The quantitative estimate of drug-likeness (QED) is 0.0934. The van der Waals surface area contributed by atoms with Crippen LogP contribution in [0, 0.1) is 5.92 Å². The molecule has 0 spiro atoms. The zero-order valence-corrected chi connectivity index (χ0v) is 31.0. The normalized spacial score (nSPS) is 19.7. The average Bonchev–Trinajstić information content (AvgIpc) is 3.87. The summed E-state index contributed by atoms with van der Waals surface area (Å²) in [4.78, 5) is 40.7. The van der Waals surface area contributed by atoms with Gasteiger partial charge < -0.3 is 40.4 Å². The van der Waals surface area contributed by atoms with Gasteiger partial charge in [0.2, 0.25) is 11.9 Å². The maximum atomic E-state index is 12.7. The number of benzene rings is 2. The van der Waals surface area contributed by atoms with Crippen molar-refractivity contribution in [2.45, 2.75) is 88.4 Å². The van der Waals surface area contributed by atoms with Crippen molar-refractivity contribution < 1.29 is 38.1 Å². The number of aliphatic hydroxyl groups excluding tert-OH is 2. The van der Waals surface area contributed by atoms with Gasteiger partial charge in [-0.1, -0.05) is 67.1 Å². The van der Waals surface area contributed by atoms with Crippen molar-refractivity contribution in [3.63, 3.8) is 0 Å². The van der Waals surface area contributed by atoms with E-state index in [0.29, 0.717) is 54.9 Å². The second kappa shape index (κ2) is 17.5. The van der Waals surface area contributed by atoms with Crippen molar-refractivity contribution >= 4 is 34.8 Å². The number of hydrogen-bond acceptors (Lipinski definition) is 10. The van der Waals surface area contributed by atoms with Gasteiger partial charge in [0.1, 0.15) is 12.2 Å². The number of aliphatic carboxylic acids is 1. The van der Waals surface area contributed by atoms with E-state index in [9.17, 15) is 28.2 Å². The fraction of sp³-hybridized carbons (Fsp3) is 0.436. The maximum Gasteiger partial charge on any atom is 0.490 e. The van der Waals surface area contributed by atoms with Gasteiger partial charge in [0.05, 0.1) is 30.4 Å². The smallest absolute Gasteiger partial charge is 0.475 e. The second-order valence-electron chi connectivity index (χ2n) is 14.4. The number of halogens is 3. The molecule has 4 atom stereocenters. The fourth-order valence-corrected chi connectivity index (χ4v) is 6.85. The number of nitrogens with one attached hydrogen (secondary N) is 3. The van der Waals surface area contributed by atoms with Gasteiger partial charge in [0.25, 0.3) is 0 Å². The van der Waals surface area contributed by atoms with E-state index < -0.39 is 36.4 Å². The lowest BCUT2D eigenvalue weighted by Crippen LogP contribution is -2.46. The third-order valence-corrected chi connectivity index (χ3v) is 10.3. The summed E-state index contributed by atoms with van der Waals surface area (Å²) in [5, 5.41) is 39.3. The van der Waals surface area contributed by atoms with Gasteiger partial charge >= 0.3 is 12.1 Å². The number of carboxylic acids is 1. The first-order chi connectivity index (χ1) is 26.8. The average molecular weight is 778 g/mol. The highest BCUT2D eigenvalue weighted by atomic mass is 19.4. The largest absolute Gasteiger partial charge is 0.490 e. The van der Waals surface area contributed by atoms with Crippen molar-refractivity contribution in [3.05, 3.63) is 96.3 Å². The van der Waals surface area contributed by atoms with Gasteiger partial charge in [-0.2, -0.15) is 23.1 Å². The number of carboxylic acid groups (broad SMARTS) is 1. The van der Waals surface area contributed by atoms with E-state index in [-0.39, 0.29) is 17.7 Å². The van der Waals surface area contributed by atoms with Crippen LogP contribution in [0.3, 0.4) is 0 Å². The Labute approximate surface area is 321 Å². The molecule has 298 valence electrons. The Bertz CT molecular complexity index is 2030. The Morgan fingerprint density at radius 3 is 2.11 bits per heavy atom. The molecular formula is C39H46F3N9O5. The summed E-state index contributed by atoms with van der Waals surface area (Å²) in [6.45, 7) is 5.36. The number of carbonyl (C=O) groups is 2. The molecule has 0 saturated heterocycles. The van der Waals surface area contributed by atoms with Gasteiger partial charge in [-0.3, -0.25) is 4.79 Å². The minimum atomic E-state index is -5.08. The van der Waals surface area contributed by atoms with E-state index in [0.717, 1.165) is 25.0 Å². The lowest BCUT2D eigenvalue weighted by molar-refractivity contribution is -0.192. The van der Waals surface area contributed by atoms with Crippen LogP contribution in [0.2, 0.25) is 0 Å². The third-order valence-electron chi connectivity index (χ3n) is 10.3. The molecule has 0 unspecified atom stereocenters. The molecule has 5 aromatic rings. The molecule has 2 aliphatic rings. The lowest BCUT2D eigenvalue weighted by atomic mass is 9.84. The summed E-state index contributed by atoms with van der Waals surface area (Å²) in [7, 11) is 0. The van der Waals surface area contributed by atoms with Gasteiger partial charge in [0, 0.05) is 43.6 Å². The van der Waals surface area contributed by atoms with Crippen molar-refractivity contribution in [2.24, 2.45) is 5.92 Å². The Hall–Kier alpha value is -5.55. The van der Waals surface area contributed by atoms with Crippen molar-refractivity contribution in [2.75, 3.05) is 23.7 Å². The van der Waals surface area contributed by atoms with E-state index in [2.05, 4.69) is 69.8 Å². The predicted octanol–water partition coefficient (Wildman–Crippen LogP) is 5.09. The summed E-state index contributed by atoms with van der Waals surface area (Å²) in [6, 6.07) is 20.0. The monoisotopic (exact) mass is 777 g/mol. The number of carbonyl (C=O) groups excluding carboxylic acids is 1. The first-order valence-corrected chi connectivity index (χ1v) is 18.6. The zero-order chi connectivity index (χ0) is 40.0. The first kappa shape index (κ1) is 40.1. The molecule has 0 bridgehead atoms. The topological polar surface area (TPSA) is 192 Å². The van der Waals surface area contributed by atoms with Crippen molar-refractivity contribution in [1.82, 2.24) is 34.4 Å². The Morgan fingerprint density at radius 2 is 1.55 bits per heavy atom. The molecule has 2 aromatic carbocycles. The summed E-state index contributed by atoms with van der Waals surface area (Å²) >= 11 is 0. The zero-order valence-electron chi connectivity index (χ0n) is 31.0. The molecule has 14 nitrogen and oxygen atoms in total. The minimum absolute atomic E-state index is 0.0118.